The third kappa shape index (κ3) is 37.4. The highest BCUT2D eigenvalue weighted by Gasteiger charge is 2.17. The number of carbonyl (C=O) groups excluding carboxylic acids is 1. The SMILES string of the molecule is CCCCC/C=C\C=C/CCCCCCCCC(=O)NC(CO)C(O)/C=C/CC/C=C/CCCCCCCCCCCCCCCCCC. The van der Waals surface area contributed by atoms with Crippen molar-refractivity contribution in [3.63, 3.8) is 0 Å². The van der Waals surface area contributed by atoms with Crippen molar-refractivity contribution in [2.75, 3.05) is 6.61 Å². The Hall–Kier alpha value is -1.65. The molecule has 0 aliphatic heterocycles. The molecule has 4 heteroatoms. The summed E-state index contributed by atoms with van der Waals surface area (Å²) in [5.41, 5.74) is 0. The van der Waals surface area contributed by atoms with Gasteiger partial charge in [0.2, 0.25) is 5.91 Å². The minimum Gasteiger partial charge on any atom is -0.394 e. The molecule has 0 saturated heterocycles. The van der Waals surface area contributed by atoms with E-state index in [1.807, 2.05) is 6.08 Å². The Morgan fingerprint density at radius 3 is 1.35 bits per heavy atom. The van der Waals surface area contributed by atoms with Gasteiger partial charge in [0.15, 0.2) is 0 Å². The first kappa shape index (κ1) is 47.4. The molecule has 0 aromatic heterocycles. The van der Waals surface area contributed by atoms with Crippen LogP contribution in [0.2, 0.25) is 0 Å². The molecule has 0 spiro atoms. The summed E-state index contributed by atoms with van der Waals surface area (Å²) in [6.45, 7) is 4.26. The van der Waals surface area contributed by atoms with Gasteiger partial charge in [-0.1, -0.05) is 197 Å². The average molecular weight is 686 g/mol. The van der Waals surface area contributed by atoms with E-state index >= 15 is 0 Å². The summed E-state index contributed by atoms with van der Waals surface area (Å²) in [5.74, 6) is -0.0867. The zero-order valence-corrected chi connectivity index (χ0v) is 32.7. The Labute approximate surface area is 305 Å². The number of aliphatic hydroxyl groups is 2. The van der Waals surface area contributed by atoms with Crippen LogP contribution in [0.1, 0.15) is 213 Å². The van der Waals surface area contributed by atoms with Gasteiger partial charge in [-0.2, -0.15) is 0 Å². The van der Waals surface area contributed by atoms with Gasteiger partial charge in [-0.15, -0.1) is 0 Å². The molecule has 4 nitrogen and oxygen atoms in total. The first-order chi connectivity index (χ1) is 24.2. The lowest BCUT2D eigenvalue weighted by atomic mass is 10.0. The van der Waals surface area contributed by atoms with Crippen molar-refractivity contribution in [3.05, 3.63) is 48.6 Å². The van der Waals surface area contributed by atoms with Crippen LogP contribution in [-0.2, 0) is 4.79 Å². The lowest BCUT2D eigenvalue weighted by molar-refractivity contribution is -0.123. The second-order valence-corrected chi connectivity index (χ2v) is 14.4. The Balaban J connectivity index is 3.63. The predicted octanol–water partition coefficient (Wildman–Crippen LogP) is 13.2. The molecular weight excluding hydrogens is 602 g/mol. The quantitative estimate of drug-likeness (QED) is 0.0344. The molecule has 0 aromatic carbocycles. The van der Waals surface area contributed by atoms with Crippen molar-refractivity contribution in [3.8, 4) is 0 Å². The fraction of sp³-hybridized carbons (Fsp3) is 0.800. The van der Waals surface area contributed by atoms with E-state index in [4.69, 9.17) is 0 Å². The number of hydrogen-bond donors (Lipinski definition) is 3. The first-order valence-corrected chi connectivity index (χ1v) is 21.4. The number of nitrogens with one attached hydrogen (secondary N) is 1. The largest absolute Gasteiger partial charge is 0.394 e. The summed E-state index contributed by atoms with van der Waals surface area (Å²) in [7, 11) is 0. The first-order valence-electron chi connectivity index (χ1n) is 21.4. The zero-order valence-electron chi connectivity index (χ0n) is 32.7. The Kier molecular flexibility index (Phi) is 39.4. The van der Waals surface area contributed by atoms with Gasteiger partial charge in [0.1, 0.15) is 0 Å². The summed E-state index contributed by atoms with van der Waals surface area (Å²) < 4.78 is 0. The van der Waals surface area contributed by atoms with Crippen molar-refractivity contribution in [2.24, 2.45) is 0 Å². The molecule has 0 radical (unpaired) electrons. The van der Waals surface area contributed by atoms with Gasteiger partial charge in [0.25, 0.3) is 0 Å². The number of unbranched alkanes of at least 4 members (excludes halogenated alkanes) is 26. The van der Waals surface area contributed by atoms with Crippen LogP contribution < -0.4 is 5.32 Å². The summed E-state index contributed by atoms with van der Waals surface area (Å²) in [4.78, 5) is 12.3. The minimum atomic E-state index is -0.867. The van der Waals surface area contributed by atoms with E-state index in [1.54, 1.807) is 6.08 Å². The molecule has 1 amide bonds. The Bertz CT molecular complexity index is 786. The predicted molar refractivity (Wildman–Crippen MR) is 216 cm³/mol. The molecule has 49 heavy (non-hydrogen) atoms. The molecule has 0 aliphatic carbocycles. The number of amides is 1. The molecule has 3 N–H and O–H groups in total. The van der Waals surface area contributed by atoms with Gasteiger partial charge in [0, 0.05) is 6.42 Å². The lowest BCUT2D eigenvalue weighted by Crippen LogP contribution is -2.45. The summed E-state index contributed by atoms with van der Waals surface area (Å²) >= 11 is 0. The van der Waals surface area contributed by atoms with E-state index < -0.39 is 12.1 Å². The van der Waals surface area contributed by atoms with Crippen LogP contribution in [0.4, 0.5) is 0 Å². The highest BCUT2D eigenvalue weighted by Crippen LogP contribution is 2.14. The molecule has 2 atom stereocenters. The van der Waals surface area contributed by atoms with Gasteiger partial charge in [0.05, 0.1) is 18.8 Å². The topological polar surface area (TPSA) is 69.6 Å². The van der Waals surface area contributed by atoms with Crippen LogP contribution in [-0.4, -0.2) is 34.9 Å². The molecule has 0 aliphatic rings. The highest BCUT2D eigenvalue weighted by molar-refractivity contribution is 5.76. The van der Waals surface area contributed by atoms with Crippen LogP contribution in [0.25, 0.3) is 0 Å². The van der Waals surface area contributed by atoms with Crippen LogP contribution >= 0.6 is 0 Å². The number of hydrogen-bond acceptors (Lipinski definition) is 3. The van der Waals surface area contributed by atoms with Gasteiger partial charge in [-0.05, 0) is 57.8 Å². The van der Waals surface area contributed by atoms with Gasteiger partial charge >= 0.3 is 0 Å². The summed E-state index contributed by atoms with van der Waals surface area (Å²) in [6.07, 6.45) is 55.0. The lowest BCUT2D eigenvalue weighted by Gasteiger charge is -2.19. The summed E-state index contributed by atoms with van der Waals surface area (Å²) in [5, 5.41) is 23.0. The van der Waals surface area contributed by atoms with Crippen molar-refractivity contribution < 1.29 is 15.0 Å². The number of carbonyl (C=O) groups is 1. The second kappa shape index (κ2) is 40.8. The molecular formula is C45H83NO3. The molecule has 0 heterocycles. The van der Waals surface area contributed by atoms with Crippen LogP contribution in [0, 0.1) is 0 Å². The van der Waals surface area contributed by atoms with E-state index in [0.717, 1.165) is 44.9 Å². The van der Waals surface area contributed by atoms with Gasteiger partial charge < -0.3 is 15.5 Å². The number of rotatable bonds is 38. The smallest absolute Gasteiger partial charge is 0.220 e. The van der Waals surface area contributed by atoms with E-state index in [0.29, 0.717) is 6.42 Å². The maximum absolute atomic E-state index is 12.3. The van der Waals surface area contributed by atoms with E-state index in [2.05, 4.69) is 55.6 Å². The fourth-order valence-electron chi connectivity index (χ4n) is 6.24. The molecule has 286 valence electrons. The maximum Gasteiger partial charge on any atom is 0.220 e. The molecule has 0 rings (SSSR count). The summed E-state index contributed by atoms with van der Waals surface area (Å²) in [6, 6.07) is -0.645. The third-order valence-electron chi connectivity index (χ3n) is 9.56. The second-order valence-electron chi connectivity index (χ2n) is 14.4. The molecule has 0 aromatic rings. The third-order valence-corrected chi connectivity index (χ3v) is 9.56. The fourth-order valence-corrected chi connectivity index (χ4v) is 6.24. The molecule has 2 unspecified atom stereocenters. The van der Waals surface area contributed by atoms with Gasteiger partial charge in [-0.3, -0.25) is 4.79 Å². The molecule has 0 saturated carbocycles. The van der Waals surface area contributed by atoms with Crippen LogP contribution in [0.5, 0.6) is 0 Å². The van der Waals surface area contributed by atoms with Gasteiger partial charge in [-0.25, -0.2) is 0 Å². The van der Waals surface area contributed by atoms with Crippen molar-refractivity contribution in [2.45, 2.75) is 225 Å². The number of allylic oxidation sites excluding steroid dienone is 7. The molecule has 0 bridgehead atoms. The maximum atomic E-state index is 12.3. The van der Waals surface area contributed by atoms with Crippen molar-refractivity contribution in [1.29, 1.82) is 0 Å². The van der Waals surface area contributed by atoms with E-state index in [1.165, 1.54) is 148 Å². The monoisotopic (exact) mass is 686 g/mol. The standard InChI is InChI=1S/C45H83NO3/c1-3-5-7-9-11-13-15-17-19-20-21-22-23-24-25-27-28-30-32-34-36-38-40-44(48)43(42-47)46-45(49)41-39-37-35-33-31-29-26-18-16-14-12-10-8-6-4-2/h12,14,16,18,30,32,38,40,43-44,47-48H,3-11,13,15,17,19-29,31,33-37,39,41-42H2,1-2H3,(H,46,49)/b14-12-,18-16-,32-30+,40-38+. The normalized spacial score (nSPS) is 13.5. The molecule has 0 fully saturated rings. The van der Waals surface area contributed by atoms with Crippen LogP contribution in [0.15, 0.2) is 48.6 Å². The Morgan fingerprint density at radius 2 is 0.857 bits per heavy atom. The van der Waals surface area contributed by atoms with E-state index in [9.17, 15) is 15.0 Å². The zero-order chi connectivity index (χ0) is 35.7. The van der Waals surface area contributed by atoms with Crippen molar-refractivity contribution >= 4 is 5.91 Å². The Morgan fingerprint density at radius 1 is 0.490 bits per heavy atom. The van der Waals surface area contributed by atoms with E-state index in [-0.39, 0.29) is 12.5 Å². The average Bonchev–Trinajstić information content (AvgIpc) is 3.10. The number of aliphatic hydroxyl groups excluding tert-OH is 2. The highest BCUT2D eigenvalue weighted by atomic mass is 16.3. The van der Waals surface area contributed by atoms with Crippen molar-refractivity contribution in [1.82, 2.24) is 5.32 Å². The van der Waals surface area contributed by atoms with Crippen LogP contribution in [0.3, 0.4) is 0 Å². The minimum absolute atomic E-state index is 0.0867.